The Labute approximate surface area is 142 Å². The fourth-order valence-corrected chi connectivity index (χ4v) is 3.22. The second kappa shape index (κ2) is 7.42. The SMILES string of the molecule is Cc1cc(C)cc(-n2ncc(CNCC3(CO)CCOCC3)n2)c1. The highest BCUT2D eigenvalue weighted by molar-refractivity contribution is 5.37. The Balaban J connectivity index is 1.60. The number of rotatable bonds is 6. The molecule has 130 valence electrons. The van der Waals surface area contributed by atoms with Crippen LogP contribution in [0.1, 0.15) is 29.7 Å². The van der Waals surface area contributed by atoms with Gasteiger partial charge in [0.05, 0.1) is 24.2 Å². The maximum absolute atomic E-state index is 9.72. The molecule has 1 aliphatic heterocycles. The van der Waals surface area contributed by atoms with Crippen LogP contribution >= 0.6 is 0 Å². The van der Waals surface area contributed by atoms with Gasteiger partial charge in [-0.3, -0.25) is 0 Å². The van der Waals surface area contributed by atoms with E-state index in [9.17, 15) is 5.11 Å². The van der Waals surface area contributed by atoms with Gasteiger partial charge < -0.3 is 15.2 Å². The zero-order valence-electron chi connectivity index (χ0n) is 14.5. The number of hydrogen-bond donors (Lipinski definition) is 2. The molecule has 3 rings (SSSR count). The molecule has 6 heteroatoms. The van der Waals surface area contributed by atoms with Gasteiger partial charge in [0.15, 0.2) is 0 Å². The predicted molar refractivity (Wildman–Crippen MR) is 92.1 cm³/mol. The molecule has 0 bridgehead atoms. The number of aliphatic hydroxyl groups excluding tert-OH is 1. The minimum atomic E-state index is -0.0676. The molecule has 2 N–H and O–H groups in total. The number of aryl methyl sites for hydroxylation is 2. The van der Waals surface area contributed by atoms with Gasteiger partial charge in [-0.2, -0.15) is 15.0 Å². The molecule has 1 aromatic heterocycles. The van der Waals surface area contributed by atoms with Crippen LogP contribution in [0, 0.1) is 19.3 Å². The van der Waals surface area contributed by atoms with Crippen molar-refractivity contribution >= 4 is 0 Å². The molecule has 1 saturated heterocycles. The fraction of sp³-hybridized carbons (Fsp3) is 0.556. The first-order valence-electron chi connectivity index (χ1n) is 8.49. The average Bonchev–Trinajstić information content (AvgIpc) is 3.04. The first-order chi connectivity index (χ1) is 11.6. The van der Waals surface area contributed by atoms with Crippen molar-refractivity contribution in [1.29, 1.82) is 0 Å². The molecule has 1 aliphatic rings. The number of hydrogen-bond acceptors (Lipinski definition) is 5. The Bertz CT molecular complexity index is 657. The second-order valence-electron chi connectivity index (χ2n) is 6.85. The molecule has 1 aromatic carbocycles. The van der Waals surface area contributed by atoms with Crippen LogP contribution in [0.2, 0.25) is 0 Å². The molecular weight excluding hydrogens is 304 g/mol. The number of nitrogens with one attached hydrogen (secondary N) is 1. The summed E-state index contributed by atoms with van der Waals surface area (Å²) in [6.07, 6.45) is 3.58. The minimum absolute atomic E-state index is 0.0676. The monoisotopic (exact) mass is 330 g/mol. The van der Waals surface area contributed by atoms with Crippen LogP contribution in [0.3, 0.4) is 0 Å². The van der Waals surface area contributed by atoms with Crippen LogP contribution in [0.25, 0.3) is 5.69 Å². The van der Waals surface area contributed by atoms with Crippen molar-refractivity contribution in [3.05, 3.63) is 41.2 Å². The fourth-order valence-electron chi connectivity index (χ4n) is 3.22. The number of benzene rings is 1. The van der Waals surface area contributed by atoms with Crippen molar-refractivity contribution in [2.75, 3.05) is 26.4 Å². The lowest BCUT2D eigenvalue weighted by Gasteiger charge is -2.35. The van der Waals surface area contributed by atoms with E-state index >= 15 is 0 Å². The summed E-state index contributed by atoms with van der Waals surface area (Å²) in [7, 11) is 0. The molecule has 0 atom stereocenters. The van der Waals surface area contributed by atoms with Gasteiger partial charge in [-0.15, -0.1) is 0 Å². The van der Waals surface area contributed by atoms with E-state index in [4.69, 9.17) is 4.74 Å². The third-order valence-electron chi connectivity index (χ3n) is 4.67. The summed E-state index contributed by atoms with van der Waals surface area (Å²) in [5.41, 5.74) is 4.21. The summed E-state index contributed by atoms with van der Waals surface area (Å²) in [6, 6.07) is 6.29. The maximum atomic E-state index is 9.72. The Morgan fingerprint density at radius 3 is 2.58 bits per heavy atom. The predicted octanol–water partition coefficient (Wildman–Crippen LogP) is 1.76. The van der Waals surface area contributed by atoms with Gasteiger partial charge in [-0.1, -0.05) is 6.07 Å². The van der Waals surface area contributed by atoms with E-state index in [2.05, 4.69) is 47.6 Å². The van der Waals surface area contributed by atoms with Crippen molar-refractivity contribution in [1.82, 2.24) is 20.3 Å². The van der Waals surface area contributed by atoms with Crippen molar-refractivity contribution < 1.29 is 9.84 Å². The maximum Gasteiger partial charge on any atom is 0.0969 e. The Morgan fingerprint density at radius 2 is 1.92 bits per heavy atom. The van der Waals surface area contributed by atoms with E-state index in [1.54, 1.807) is 11.0 Å². The normalized spacial score (nSPS) is 17.1. The first-order valence-corrected chi connectivity index (χ1v) is 8.49. The average molecular weight is 330 g/mol. The molecule has 0 unspecified atom stereocenters. The van der Waals surface area contributed by atoms with E-state index in [0.717, 1.165) is 44.0 Å². The molecule has 1 fully saturated rings. The topological polar surface area (TPSA) is 72.2 Å². The van der Waals surface area contributed by atoms with Crippen molar-refractivity contribution in [2.45, 2.75) is 33.2 Å². The lowest BCUT2D eigenvalue weighted by atomic mass is 9.81. The van der Waals surface area contributed by atoms with Gasteiger partial charge in [0.1, 0.15) is 0 Å². The van der Waals surface area contributed by atoms with Crippen LogP contribution in [0.15, 0.2) is 24.4 Å². The van der Waals surface area contributed by atoms with Gasteiger partial charge in [0, 0.05) is 31.7 Å². The Hall–Kier alpha value is -1.76. The third kappa shape index (κ3) is 4.01. The second-order valence-corrected chi connectivity index (χ2v) is 6.85. The van der Waals surface area contributed by atoms with Crippen molar-refractivity contribution in [3.63, 3.8) is 0 Å². The standard InChI is InChI=1S/C18H26N4O2/c1-14-7-15(2)9-17(8-14)22-20-11-16(21-22)10-19-12-18(13-23)3-5-24-6-4-18/h7-9,11,19,23H,3-6,10,12-13H2,1-2H3. The summed E-state index contributed by atoms with van der Waals surface area (Å²) < 4.78 is 5.40. The molecule has 6 nitrogen and oxygen atoms in total. The molecule has 2 aromatic rings. The van der Waals surface area contributed by atoms with Gasteiger partial charge >= 0.3 is 0 Å². The number of nitrogens with zero attached hydrogens (tertiary/aromatic N) is 3. The molecule has 0 radical (unpaired) electrons. The van der Waals surface area contributed by atoms with Gasteiger partial charge in [-0.05, 0) is 49.9 Å². The van der Waals surface area contributed by atoms with Crippen LogP contribution < -0.4 is 5.32 Å². The van der Waals surface area contributed by atoms with Crippen molar-refractivity contribution in [3.8, 4) is 5.69 Å². The molecular formula is C18H26N4O2. The van der Waals surface area contributed by atoms with Crippen LogP contribution in [-0.4, -0.2) is 46.5 Å². The zero-order chi connectivity index (χ0) is 17.0. The molecule has 0 aliphatic carbocycles. The molecule has 0 amide bonds. The van der Waals surface area contributed by atoms with Gasteiger partial charge in [0.25, 0.3) is 0 Å². The van der Waals surface area contributed by atoms with Crippen LogP contribution in [-0.2, 0) is 11.3 Å². The largest absolute Gasteiger partial charge is 0.396 e. The van der Waals surface area contributed by atoms with Gasteiger partial charge in [0.2, 0.25) is 0 Å². The summed E-state index contributed by atoms with van der Waals surface area (Å²) >= 11 is 0. The Kier molecular flexibility index (Phi) is 5.28. The van der Waals surface area contributed by atoms with Crippen molar-refractivity contribution in [2.24, 2.45) is 5.41 Å². The quantitative estimate of drug-likeness (QED) is 0.844. The molecule has 0 saturated carbocycles. The minimum Gasteiger partial charge on any atom is -0.396 e. The summed E-state index contributed by atoms with van der Waals surface area (Å²) in [5, 5.41) is 22.1. The highest BCUT2D eigenvalue weighted by Gasteiger charge is 2.31. The van der Waals surface area contributed by atoms with E-state index in [0.29, 0.717) is 6.54 Å². The molecule has 2 heterocycles. The van der Waals surface area contributed by atoms with E-state index in [1.165, 1.54) is 11.1 Å². The Morgan fingerprint density at radius 1 is 1.21 bits per heavy atom. The highest BCUT2D eigenvalue weighted by atomic mass is 16.5. The smallest absolute Gasteiger partial charge is 0.0969 e. The van der Waals surface area contributed by atoms with E-state index < -0.39 is 0 Å². The third-order valence-corrected chi connectivity index (χ3v) is 4.67. The van der Waals surface area contributed by atoms with E-state index in [-0.39, 0.29) is 12.0 Å². The summed E-state index contributed by atoms with van der Waals surface area (Å²) in [4.78, 5) is 1.67. The first kappa shape index (κ1) is 17.1. The highest BCUT2D eigenvalue weighted by Crippen LogP contribution is 2.29. The molecule has 0 spiro atoms. The summed E-state index contributed by atoms with van der Waals surface area (Å²) in [5.74, 6) is 0. The summed E-state index contributed by atoms with van der Waals surface area (Å²) in [6.45, 7) is 7.21. The van der Waals surface area contributed by atoms with E-state index in [1.807, 2.05) is 0 Å². The number of aliphatic hydroxyl groups is 1. The van der Waals surface area contributed by atoms with Crippen LogP contribution in [0.4, 0.5) is 0 Å². The zero-order valence-corrected chi connectivity index (χ0v) is 14.5. The number of ether oxygens (including phenoxy) is 1. The lowest BCUT2D eigenvalue weighted by Crippen LogP contribution is -2.41. The number of aromatic nitrogens is 3. The molecule has 24 heavy (non-hydrogen) atoms. The van der Waals surface area contributed by atoms with Gasteiger partial charge in [-0.25, -0.2) is 0 Å². The van der Waals surface area contributed by atoms with Crippen LogP contribution in [0.5, 0.6) is 0 Å². The lowest BCUT2D eigenvalue weighted by molar-refractivity contribution is -0.0154.